The molecule has 0 spiro atoms. The van der Waals surface area contributed by atoms with Crippen LogP contribution in [0.3, 0.4) is 0 Å². The average molecular weight is 514 g/mol. The van der Waals surface area contributed by atoms with E-state index >= 15 is 0 Å². The number of amides is 1. The van der Waals surface area contributed by atoms with Crippen molar-refractivity contribution < 1.29 is 9.53 Å². The fourth-order valence-corrected chi connectivity index (χ4v) is 10.9. The molecule has 5 saturated carbocycles. The largest absolute Gasteiger partial charge is 0.446 e. The smallest absolute Gasteiger partial charge is 0.407 e. The molecule has 5 aliphatic carbocycles. The summed E-state index contributed by atoms with van der Waals surface area (Å²) in [5.41, 5.74) is 1.09. The SMILES string of the molecule is CCCCCCC1CCC2C3CCC4CC(OC(=O)NCC5CCCC(C)C5)CCC4(C)C3CCC12C. The Kier molecular flexibility index (Phi) is 8.87. The highest BCUT2D eigenvalue weighted by atomic mass is 16.6. The second-order valence-electron chi connectivity index (χ2n) is 15.1. The molecular weight excluding hydrogens is 454 g/mol. The molecule has 0 radical (unpaired) electrons. The van der Waals surface area contributed by atoms with Crippen molar-refractivity contribution >= 4 is 6.09 Å². The molecule has 3 nitrogen and oxygen atoms in total. The normalized spacial score (nSPS) is 45.4. The summed E-state index contributed by atoms with van der Waals surface area (Å²) in [5.74, 6) is 6.02. The van der Waals surface area contributed by atoms with Crippen molar-refractivity contribution in [1.29, 1.82) is 0 Å². The maximum Gasteiger partial charge on any atom is 0.407 e. The second kappa shape index (κ2) is 11.8. The van der Waals surface area contributed by atoms with E-state index in [2.05, 4.69) is 33.0 Å². The molecule has 212 valence electrons. The minimum absolute atomic E-state index is 0.132. The summed E-state index contributed by atoms with van der Waals surface area (Å²) in [5, 5.41) is 3.14. The van der Waals surface area contributed by atoms with Crippen molar-refractivity contribution in [1.82, 2.24) is 5.32 Å². The lowest BCUT2D eigenvalue weighted by Gasteiger charge is -2.61. The Bertz CT molecular complexity index is 767. The van der Waals surface area contributed by atoms with Crippen LogP contribution in [-0.4, -0.2) is 18.7 Å². The minimum Gasteiger partial charge on any atom is -0.446 e. The monoisotopic (exact) mass is 513 g/mol. The van der Waals surface area contributed by atoms with Gasteiger partial charge in [0.2, 0.25) is 0 Å². The Morgan fingerprint density at radius 2 is 1.68 bits per heavy atom. The lowest BCUT2D eigenvalue weighted by Crippen LogP contribution is -2.54. The number of carbonyl (C=O) groups excluding carboxylic acids is 1. The highest BCUT2D eigenvalue weighted by Crippen LogP contribution is 2.68. The number of fused-ring (bicyclic) bond motifs is 5. The Hall–Kier alpha value is -0.730. The molecule has 0 aromatic rings. The van der Waals surface area contributed by atoms with E-state index in [0.29, 0.717) is 16.7 Å². The van der Waals surface area contributed by atoms with Crippen molar-refractivity contribution in [2.24, 2.45) is 52.3 Å². The van der Waals surface area contributed by atoms with E-state index < -0.39 is 0 Å². The summed E-state index contributed by atoms with van der Waals surface area (Å²) >= 11 is 0. The van der Waals surface area contributed by atoms with Gasteiger partial charge in [-0.1, -0.05) is 66.2 Å². The summed E-state index contributed by atoms with van der Waals surface area (Å²) in [6, 6.07) is 0. The minimum atomic E-state index is -0.148. The fourth-order valence-electron chi connectivity index (χ4n) is 10.9. The maximum atomic E-state index is 12.7. The third-order valence-corrected chi connectivity index (χ3v) is 13.1. The van der Waals surface area contributed by atoms with Gasteiger partial charge in [0.15, 0.2) is 0 Å². The Morgan fingerprint density at radius 1 is 0.865 bits per heavy atom. The Labute approximate surface area is 229 Å². The van der Waals surface area contributed by atoms with Gasteiger partial charge in [-0.2, -0.15) is 0 Å². The van der Waals surface area contributed by atoms with E-state index in [1.165, 1.54) is 103 Å². The molecule has 37 heavy (non-hydrogen) atoms. The number of ether oxygens (including phenoxy) is 1. The number of hydrogen-bond donors (Lipinski definition) is 1. The summed E-state index contributed by atoms with van der Waals surface area (Å²) in [7, 11) is 0. The molecule has 0 aliphatic heterocycles. The fraction of sp³-hybridized carbons (Fsp3) is 0.971. The van der Waals surface area contributed by atoms with Crippen molar-refractivity contribution in [2.75, 3.05) is 6.54 Å². The van der Waals surface area contributed by atoms with Gasteiger partial charge in [0.25, 0.3) is 0 Å². The zero-order valence-electron chi connectivity index (χ0n) is 24.9. The molecule has 10 atom stereocenters. The van der Waals surface area contributed by atoms with Crippen LogP contribution in [-0.2, 0) is 4.74 Å². The van der Waals surface area contributed by atoms with Crippen LogP contribution in [0.1, 0.15) is 143 Å². The number of alkyl carbamates (subject to hydrolysis) is 1. The topological polar surface area (TPSA) is 38.3 Å². The highest BCUT2D eigenvalue weighted by Gasteiger charge is 2.60. The Balaban J connectivity index is 1.13. The first-order valence-electron chi connectivity index (χ1n) is 16.8. The van der Waals surface area contributed by atoms with Gasteiger partial charge in [0.05, 0.1) is 0 Å². The summed E-state index contributed by atoms with van der Waals surface area (Å²) < 4.78 is 6.04. The molecule has 1 N–H and O–H groups in total. The predicted octanol–water partition coefficient (Wildman–Crippen LogP) is 9.54. The van der Waals surface area contributed by atoms with Gasteiger partial charge in [0.1, 0.15) is 6.10 Å². The number of nitrogens with one attached hydrogen (secondary N) is 1. The van der Waals surface area contributed by atoms with Crippen LogP contribution in [0.2, 0.25) is 0 Å². The number of carbonyl (C=O) groups is 1. The van der Waals surface area contributed by atoms with E-state index in [1.807, 2.05) is 0 Å². The van der Waals surface area contributed by atoms with Gasteiger partial charge in [-0.15, -0.1) is 0 Å². The van der Waals surface area contributed by atoms with Gasteiger partial charge >= 0.3 is 6.09 Å². The quantitative estimate of drug-likeness (QED) is 0.328. The molecule has 3 heteroatoms. The van der Waals surface area contributed by atoms with Crippen LogP contribution >= 0.6 is 0 Å². The second-order valence-corrected chi connectivity index (χ2v) is 15.1. The van der Waals surface area contributed by atoms with Gasteiger partial charge in [-0.3, -0.25) is 0 Å². The van der Waals surface area contributed by atoms with Crippen molar-refractivity contribution in [2.45, 2.75) is 149 Å². The molecule has 0 aromatic heterocycles. The third-order valence-electron chi connectivity index (χ3n) is 13.1. The van der Waals surface area contributed by atoms with E-state index in [-0.39, 0.29) is 12.2 Å². The zero-order chi connectivity index (χ0) is 26.0. The Morgan fingerprint density at radius 3 is 2.49 bits per heavy atom. The first-order valence-corrected chi connectivity index (χ1v) is 16.8. The van der Waals surface area contributed by atoms with Crippen LogP contribution in [0.4, 0.5) is 4.79 Å². The first-order chi connectivity index (χ1) is 17.8. The van der Waals surface area contributed by atoms with Crippen molar-refractivity contribution in [3.05, 3.63) is 0 Å². The first kappa shape index (κ1) is 27.8. The maximum absolute atomic E-state index is 12.7. The van der Waals surface area contributed by atoms with Gasteiger partial charge in [-0.25, -0.2) is 4.79 Å². The number of hydrogen-bond acceptors (Lipinski definition) is 2. The third kappa shape index (κ3) is 5.77. The van der Waals surface area contributed by atoms with Gasteiger partial charge in [0, 0.05) is 6.54 Å². The summed E-state index contributed by atoms with van der Waals surface area (Å²) in [6.07, 6.45) is 24.5. The van der Waals surface area contributed by atoms with E-state index in [0.717, 1.165) is 54.9 Å². The molecule has 10 unspecified atom stereocenters. The predicted molar refractivity (Wildman–Crippen MR) is 153 cm³/mol. The molecule has 5 fully saturated rings. The standard InChI is InChI=1S/C34H59NO2/c1-5-6-7-8-12-26-14-16-30-29-15-13-27-22-28(17-19-34(27,4)31(29)18-20-33(26,30)3)37-32(36)35-23-25-11-9-10-24(2)21-25/h24-31H,5-23H2,1-4H3,(H,35,36). The number of unbranched alkanes of at least 4 members (excludes halogenated alkanes) is 3. The highest BCUT2D eigenvalue weighted by molar-refractivity contribution is 5.67. The molecule has 1 amide bonds. The number of rotatable bonds is 8. The van der Waals surface area contributed by atoms with Crippen LogP contribution in [0.5, 0.6) is 0 Å². The molecule has 5 rings (SSSR count). The van der Waals surface area contributed by atoms with Gasteiger partial charge in [-0.05, 0) is 129 Å². The van der Waals surface area contributed by atoms with E-state index in [1.54, 1.807) is 0 Å². The summed E-state index contributed by atoms with van der Waals surface area (Å²) in [4.78, 5) is 12.7. The van der Waals surface area contributed by atoms with Crippen LogP contribution in [0, 0.1) is 52.3 Å². The van der Waals surface area contributed by atoms with Crippen molar-refractivity contribution in [3.63, 3.8) is 0 Å². The lowest BCUT2D eigenvalue weighted by molar-refractivity contribution is -0.127. The van der Waals surface area contributed by atoms with Crippen LogP contribution in [0.25, 0.3) is 0 Å². The van der Waals surface area contributed by atoms with Gasteiger partial charge < -0.3 is 10.1 Å². The van der Waals surface area contributed by atoms with E-state index in [4.69, 9.17) is 4.74 Å². The van der Waals surface area contributed by atoms with Crippen molar-refractivity contribution in [3.8, 4) is 0 Å². The molecule has 0 heterocycles. The molecule has 0 bridgehead atoms. The average Bonchev–Trinajstić information content (AvgIpc) is 3.22. The van der Waals surface area contributed by atoms with Crippen LogP contribution in [0.15, 0.2) is 0 Å². The molecule has 5 aliphatic rings. The molecule has 0 saturated heterocycles. The van der Waals surface area contributed by atoms with E-state index in [9.17, 15) is 4.79 Å². The molecular formula is C34H59NO2. The summed E-state index contributed by atoms with van der Waals surface area (Å²) in [6.45, 7) is 10.8. The van der Waals surface area contributed by atoms with Crippen LogP contribution < -0.4 is 5.32 Å². The molecule has 0 aromatic carbocycles. The zero-order valence-corrected chi connectivity index (χ0v) is 24.9. The lowest BCUT2D eigenvalue weighted by atomic mass is 9.44.